The van der Waals surface area contributed by atoms with Gasteiger partial charge in [-0.2, -0.15) is 0 Å². The molecule has 0 saturated heterocycles. The van der Waals surface area contributed by atoms with Crippen molar-refractivity contribution >= 4 is 29.3 Å². The highest BCUT2D eigenvalue weighted by molar-refractivity contribution is 7.99. The molecule has 0 atom stereocenters. The Morgan fingerprint density at radius 2 is 1.76 bits per heavy atom. The lowest BCUT2D eigenvalue weighted by molar-refractivity contribution is -0.122. The number of benzene rings is 1. The molecule has 0 unspecified atom stereocenters. The van der Waals surface area contributed by atoms with Gasteiger partial charge in [0.2, 0.25) is 11.8 Å². The van der Waals surface area contributed by atoms with E-state index >= 15 is 0 Å². The van der Waals surface area contributed by atoms with Crippen LogP contribution in [0.5, 0.6) is 0 Å². The Bertz CT molecular complexity index is 744. The maximum atomic E-state index is 12.0. The van der Waals surface area contributed by atoms with Crippen molar-refractivity contribution in [2.75, 3.05) is 17.6 Å². The molecular formula is C18H22N4O2S. The van der Waals surface area contributed by atoms with E-state index in [2.05, 4.69) is 20.6 Å². The molecule has 132 valence electrons. The van der Waals surface area contributed by atoms with Gasteiger partial charge < -0.3 is 10.6 Å². The van der Waals surface area contributed by atoms with Crippen molar-refractivity contribution in [1.29, 1.82) is 0 Å². The predicted molar refractivity (Wildman–Crippen MR) is 99.7 cm³/mol. The van der Waals surface area contributed by atoms with Gasteiger partial charge in [0.05, 0.1) is 12.3 Å². The van der Waals surface area contributed by atoms with Crippen molar-refractivity contribution in [1.82, 2.24) is 15.3 Å². The molecule has 2 aromatic rings. The summed E-state index contributed by atoms with van der Waals surface area (Å²) in [5.41, 5.74) is 3.57. The monoisotopic (exact) mass is 358 g/mol. The smallest absolute Gasteiger partial charge is 0.243 e. The summed E-state index contributed by atoms with van der Waals surface area (Å²) in [6.45, 7) is 5.73. The number of amides is 2. The summed E-state index contributed by atoms with van der Waals surface area (Å²) < 4.78 is 0. The molecule has 0 aliphatic carbocycles. The summed E-state index contributed by atoms with van der Waals surface area (Å²) >= 11 is 1.25. The predicted octanol–water partition coefficient (Wildman–Crippen LogP) is 2.50. The second-order valence-corrected chi connectivity index (χ2v) is 6.50. The number of carbonyl (C=O) groups excluding carboxylic acids is 2. The van der Waals surface area contributed by atoms with E-state index in [1.165, 1.54) is 11.8 Å². The molecule has 0 fully saturated rings. The summed E-state index contributed by atoms with van der Waals surface area (Å²) in [4.78, 5) is 32.4. The standard InChI is InChI=1S/C18H22N4O2S/c1-4-14-7-5-6-8-15(14)22-16(23)10-19-17(24)11-25-18-20-12(2)9-13(3)21-18/h5-9H,4,10-11H2,1-3H3,(H,19,24)(H,22,23). The summed E-state index contributed by atoms with van der Waals surface area (Å²) in [5, 5.41) is 6.00. The fraction of sp³-hybridized carbons (Fsp3) is 0.333. The highest BCUT2D eigenvalue weighted by Crippen LogP contribution is 2.15. The maximum absolute atomic E-state index is 12.0. The quantitative estimate of drug-likeness (QED) is 0.587. The number of hydrogen-bond acceptors (Lipinski definition) is 5. The van der Waals surface area contributed by atoms with Crippen LogP contribution in [0, 0.1) is 13.8 Å². The summed E-state index contributed by atoms with van der Waals surface area (Å²) in [6.07, 6.45) is 0.829. The molecule has 2 amide bonds. The first-order chi connectivity index (χ1) is 12.0. The Kier molecular flexibility index (Phi) is 6.94. The topological polar surface area (TPSA) is 84.0 Å². The van der Waals surface area contributed by atoms with Crippen molar-refractivity contribution in [3.8, 4) is 0 Å². The zero-order chi connectivity index (χ0) is 18.2. The van der Waals surface area contributed by atoms with Gasteiger partial charge >= 0.3 is 0 Å². The van der Waals surface area contributed by atoms with Gasteiger partial charge in [0, 0.05) is 17.1 Å². The molecule has 25 heavy (non-hydrogen) atoms. The van der Waals surface area contributed by atoms with Gasteiger partial charge in [-0.1, -0.05) is 36.9 Å². The van der Waals surface area contributed by atoms with Gasteiger partial charge in [-0.05, 0) is 38.0 Å². The van der Waals surface area contributed by atoms with E-state index in [9.17, 15) is 9.59 Å². The van der Waals surface area contributed by atoms with E-state index < -0.39 is 0 Å². The fourth-order valence-corrected chi connectivity index (χ4v) is 3.04. The van der Waals surface area contributed by atoms with Gasteiger partial charge in [-0.3, -0.25) is 9.59 Å². The molecule has 6 nitrogen and oxygen atoms in total. The number of anilines is 1. The van der Waals surface area contributed by atoms with Crippen LogP contribution in [0.25, 0.3) is 0 Å². The van der Waals surface area contributed by atoms with Crippen molar-refractivity contribution in [2.24, 2.45) is 0 Å². The fourth-order valence-electron chi connectivity index (χ4n) is 2.26. The zero-order valence-corrected chi connectivity index (χ0v) is 15.4. The lowest BCUT2D eigenvalue weighted by Gasteiger charge is -2.10. The highest BCUT2D eigenvalue weighted by atomic mass is 32.2. The molecule has 2 N–H and O–H groups in total. The van der Waals surface area contributed by atoms with Crippen LogP contribution < -0.4 is 10.6 Å². The number of nitrogens with one attached hydrogen (secondary N) is 2. The van der Waals surface area contributed by atoms with Gasteiger partial charge in [-0.15, -0.1) is 0 Å². The second-order valence-electron chi connectivity index (χ2n) is 5.56. The highest BCUT2D eigenvalue weighted by Gasteiger charge is 2.09. The van der Waals surface area contributed by atoms with Gasteiger partial charge in [0.15, 0.2) is 5.16 Å². The van der Waals surface area contributed by atoms with E-state index in [0.29, 0.717) is 5.16 Å². The molecule has 0 spiro atoms. The Morgan fingerprint density at radius 1 is 1.08 bits per heavy atom. The van der Waals surface area contributed by atoms with Crippen molar-refractivity contribution in [3.63, 3.8) is 0 Å². The first-order valence-corrected chi connectivity index (χ1v) is 9.06. The lowest BCUT2D eigenvalue weighted by atomic mass is 10.1. The SMILES string of the molecule is CCc1ccccc1NC(=O)CNC(=O)CSc1nc(C)cc(C)n1. The molecule has 0 saturated carbocycles. The third kappa shape index (κ3) is 6.19. The lowest BCUT2D eigenvalue weighted by Crippen LogP contribution is -2.34. The number of carbonyl (C=O) groups is 2. The summed E-state index contributed by atoms with van der Waals surface area (Å²) in [5.74, 6) is -0.310. The Morgan fingerprint density at radius 3 is 2.44 bits per heavy atom. The number of thioether (sulfide) groups is 1. The van der Waals surface area contributed by atoms with Crippen molar-refractivity contribution < 1.29 is 9.59 Å². The number of aromatic nitrogens is 2. The van der Waals surface area contributed by atoms with Crippen LogP contribution in [0.15, 0.2) is 35.5 Å². The van der Waals surface area contributed by atoms with Gasteiger partial charge in [0.1, 0.15) is 0 Å². The van der Waals surface area contributed by atoms with Crippen molar-refractivity contribution in [3.05, 3.63) is 47.3 Å². The van der Waals surface area contributed by atoms with Gasteiger partial charge in [0.25, 0.3) is 0 Å². The maximum Gasteiger partial charge on any atom is 0.243 e. The minimum Gasteiger partial charge on any atom is -0.346 e. The first-order valence-electron chi connectivity index (χ1n) is 8.07. The molecule has 1 aromatic heterocycles. The average Bonchev–Trinajstić information content (AvgIpc) is 2.58. The molecule has 0 aliphatic heterocycles. The molecule has 0 radical (unpaired) electrons. The Balaban J connectivity index is 1.78. The summed E-state index contributed by atoms with van der Waals surface area (Å²) in [7, 11) is 0. The number of para-hydroxylation sites is 1. The van der Waals surface area contributed by atoms with Crippen LogP contribution in [0.4, 0.5) is 5.69 Å². The van der Waals surface area contributed by atoms with Gasteiger partial charge in [-0.25, -0.2) is 9.97 Å². The van der Waals surface area contributed by atoms with Crippen molar-refractivity contribution in [2.45, 2.75) is 32.3 Å². The number of rotatable bonds is 7. The normalized spacial score (nSPS) is 10.4. The van der Waals surface area contributed by atoms with Crippen LogP contribution in [-0.4, -0.2) is 34.1 Å². The minimum absolute atomic E-state index is 0.0643. The molecule has 1 aromatic carbocycles. The third-order valence-corrected chi connectivity index (χ3v) is 4.26. The van der Waals surface area contributed by atoms with E-state index in [4.69, 9.17) is 0 Å². The van der Waals surface area contributed by atoms with Crippen LogP contribution in [0.3, 0.4) is 0 Å². The average molecular weight is 358 g/mol. The second kappa shape index (κ2) is 9.17. The van der Waals surface area contributed by atoms with E-state index in [1.54, 1.807) is 0 Å². The van der Waals surface area contributed by atoms with Crippen LogP contribution in [0.1, 0.15) is 23.9 Å². The Hall–Kier alpha value is -2.41. The van der Waals surface area contributed by atoms with E-state index in [0.717, 1.165) is 29.1 Å². The Labute approximate surface area is 151 Å². The molecular weight excluding hydrogens is 336 g/mol. The third-order valence-electron chi connectivity index (χ3n) is 3.41. The zero-order valence-electron chi connectivity index (χ0n) is 14.6. The molecule has 7 heteroatoms. The first kappa shape index (κ1) is 18.9. The number of hydrogen-bond donors (Lipinski definition) is 2. The number of nitrogens with zero attached hydrogens (tertiary/aromatic N) is 2. The molecule has 1 heterocycles. The number of aryl methyl sites for hydroxylation is 3. The molecule has 0 aliphatic rings. The van der Waals surface area contributed by atoms with Crippen LogP contribution in [0.2, 0.25) is 0 Å². The van der Waals surface area contributed by atoms with Crippen LogP contribution >= 0.6 is 11.8 Å². The minimum atomic E-state index is -0.248. The van der Waals surface area contributed by atoms with E-state index in [-0.39, 0.29) is 24.1 Å². The molecule has 0 bridgehead atoms. The van der Waals surface area contributed by atoms with E-state index in [1.807, 2.05) is 51.1 Å². The largest absolute Gasteiger partial charge is 0.346 e. The van der Waals surface area contributed by atoms with Crippen LogP contribution in [-0.2, 0) is 16.0 Å². The molecule has 2 rings (SSSR count). The summed E-state index contributed by atoms with van der Waals surface area (Å²) in [6, 6.07) is 9.50.